The summed E-state index contributed by atoms with van der Waals surface area (Å²) in [7, 11) is -4.73. The van der Waals surface area contributed by atoms with Gasteiger partial charge in [-0.05, 0) is 44.0 Å². The second-order valence-corrected chi connectivity index (χ2v) is 6.28. The molecule has 72 valence electrons. The number of rotatable bonds is 1. The molecule has 0 amide bonds. The second kappa shape index (κ2) is 6.24. The zero-order chi connectivity index (χ0) is 10.2. The van der Waals surface area contributed by atoms with Gasteiger partial charge in [0.05, 0.1) is 8.95 Å². The first kappa shape index (κ1) is 16.2. The number of halogens is 3. The molecule has 8 heteroatoms. The largest absolute Gasteiger partial charge is 2.00 e. The third-order valence-electron chi connectivity index (χ3n) is 1.26. The molecule has 0 aliphatic heterocycles. The van der Waals surface area contributed by atoms with Gasteiger partial charge in [0, 0.05) is 4.47 Å². The maximum atomic E-state index is 10.8. The molecule has 1 aromatic rings. The van der Waals surface area contributed by atoms with Crippen molar-refractivity contribution in [1.29, 1.82) is 0 Å². The van der Waals surface area contributed by atoms with E-state index < -0.39 is 7.94 Å². The molecule has 0 aromatic heterocycles. The average molecular weight is 433 g/mol. The Bertz CT molecular complexity index is 319. The summed E-state index contributed by atoms with van der Waals surface area (Å²) in [4.78, 5) is 32.3. The molecule has 0 saturated heterocycles. The van der Waals surface area contributed by atoms with Crippen molar-refractivity contribution < 1.29 is 14.7 Å². The van der Waals surface area contributed by atoms with Crippen LogP contribution in [-0.2, 0) is 0 Å². The van der Waals surface area contributed by atoms with Gasteiger partial charge >= 0.3 is 37.7 Å². The Morgan fingerprint density at radius 1 is 0.929 bits per heavy atom. The Hall–Kier alpha value is 2.23. The zero-order valence-electron chi connectivity index (χ0n) is 6.67. The van der Waals surface area contributed by atoms with Gasteiger partial charge in [0.1, 0.15) is 5.30 Å². The van der Waals surface area contributed by atoms with Crippen LogP contribution in [0.25, 0.3) is 0 Å². The first-order chi connectivity index (χ1) is 5.82. The standard InChI is InChI=1S/C6H4Br3O3P.Ca/c7-3-1-4(8)6(5(9)2-3)13(10,11)12;/h1-2H,(H2,10,11,12);/q;+2/p-2. The number of hydrogen-bond acceptors (Lipinski definition) is 3. The predicted octanol–water partition coefficient (Wildman–Crippen LogP) is 0.0621. The molecule has 0 N–H and O–H groups in total. The van der Waals surface area contributed by atoms with Crippen molar-refractivity contribution in [2.45, 2.75) is 0 Å². The Morgan fingerprint density at radius 3 is 1.57 bits per heavy atom. The fraction of sp³-hybridized carbons (Fsp3) is 0. The van der Waals surface area contributed by atoms with Crippen LogP contribution in [0.1, 0.15) is 0 Å². The molecule has 0 atom stereocenters. The van der Waals surface area contributed by atoms with Gasteiger partial charge in [-0.2, -0.15) is 0 Å². The summed E-state index contributed by atoms with van der Waals surface area (Å²) in [5, 5.41) is -0.254. The van der Waals surface area contributed by atoms with Gasteiger partial charge in [-0.25, -0.2) is 0 Å². The van der Waals surface area contributed by atoms with Gasteiger partial charge in [-0.1, -0.05) is 15.9 Å². The molecule has 0 fully saturated rings. The minimum atomic E-state index is -4.73. The number of benzene rings is 1. The summed E-state index contributed by atoms with van der Waals surface area (Å²) in [5.74, 6) is 0. The molecule has 1 aromatic carbocycles. The predicted molar refractivity (Wildman–Crippen MR) is 61.9 cm³/mol. The normalized spacial score (nSPS) is 11.0. The Balaban J connectivity index is 0.00000169. The number of hydrogen-bond donors (Lipinski definition) is 0. The van der Waals surface area contributed by atoms with Gasteiger partial charge in [-0.15, -0.1) is 7.94 Å². The maximum Gasteiger partial charge on any atom is 2.00 e. The van der Waals surface area contributed by atoms with Crippen LogP contribution >= 0.6 is 55.7 Å². The quantitative estimate of drug-likeness (QED) is 0.465. The van der Waals surface area contributed by atoms with E-state index in [4.69, 9.17) is 0 Å². The molecule has 0 bridgehead atoms. The molecule has 1 rings (SSSR count). The molecule has 0 unspecified atom stereocenters. The summed E-state index contributed by atoms with van der Waals surface area (Å²) in [6, 6.07) is 3.01. The van der Waals surface area contributed by atoms with Crippen molar-refractivity contribution in [3.63, 3.8) is 0 Å². The first-order valence-corrected chi connectivity index (χ1v) is 6.91. The summed E-state index contributed by atoms with van der Waals surface area (Å²) in [6.45, 7) is 0. The fourth-order valence-electron chi connectivity index (χ4n) is 0.796. The van der Waals surface area contributed by atoms with E-state index in [0.717, 1.165) is 0 Å². The van der Waals surface area contributed by atoms with Gasteiger partial charge in [0.15, 0.2) is 0 Å². The van der Waals surface area contributed by atoms with Crippen LogP contribution in [0.2, 0.25) is 0 Å². The van der Waals surface area contributed by atoms with E-state index in [1.165, 1.54) is 12.1 Å². The van der Waals surface area contributed by atoms with Crippen LogP contribution in [0.5, 0.6) is 0 Å². The van der Waals surface area contributed by atoms with Crippen molar-refractivity contribution in [2.24, 2.45) is 0 Å². The molecule has 14 heavy (non-hydrogen) atoms. The SMILES string of the molecule is [Ca+2].[O-][P+]([O-])([O-])c1c(Br)cc(Br)cc1Br. The third kappa shape index (κ3) is 4.24. The molecule has 0 aliphatic rings. The van der Waals surface area contributed by atoms with Gasteiger partial charge < -0.3 is 14.7 Å². The Morgan fingerprint density at radius 2 is 1.29 bits per heavy atom. The average Bonchev–Trinajstić information content (AvgIpc) is 1.78. The van der Waals surface area contributed by atoms with Gasteiger partial charge in [0.2, 0.25) is 0 Å². The van der Waals surface area contributed by atoms with E-state index in [2.05, 4.69) is 47.8 Å². The molecule has 0 aliphatic carbocycles. The van der Waals surface area contributed by atoms with E-state index in [1.807, 2.05) is 0 Å². The van der Waals surface area contributed by atoms with Gasteiger partial charge in [-0.3, -0.25) is 0 Å². The van der Waals surface area contributed by atoms with E-state index >= 15 is 0 Å². The third-order valence-corrected chi connectivity index (χ3v) is 4.61. The summed E-state index contributed by atoms with van der Waals surface area (Å²) >= 11 is 9.16. The van der Waals surface area contributed by atoms with Crippen LogP contribution in [-0.4, -0.2) is 37.7 Å². The molecule has 0 heterocycles. The Labute approximate surface area is 137 Å². The van der Waals surface area contributed by atoms with Crippen LogP contribution < -0.4 is 20.0 Å². The van der Waals surface area contributed by atoms with E-state index in [0.29, 0.717) is 4.47 Å². The maximum absolute atomic E-state index is 10.8. The van der Waals surface area contributed by atoms with Crippen LogP contribution in [0.3, 0.4) is 0 Å². The second-order valence-electron chi connectivity index (χ2n) is 2.22. The van der Waals surface area contributed by atoms with Crippen molar-refractivity contribution in [3.8, 4) is 0 Å². The van der Waals surface area contributed by atoms with Crippen molar-refractivity contribution in [1.82, 2.24) is 0 Å². The molecular formula is C6H2Br3CaO3P. The molecule has 0 radical (unpaired) electrons. The minimum Gasteiger partial charge on any atom is -0.683 e. The molecular weight excluding hydrogens is 431 g/mol. The fourth-order valence-corrected chi connectivity index (χ4v) is 5.01. The summed E-state index contributed by atoms with van der Waals surface area (Å²) < 4.78 is 1.19. The summed E-state index contributed by atoms with van der Waals surface area (Å²) in [6.07, 6.45) is 0. The Kier molecular flexibility index (Phi) is 7.23. The van der Waals surface area contributed by atoms with Gasteiger partial charge in [0.25, 0.3) is 0 Å². The smallest absolute Gasteiger partial charge is 0.683 e. The van der Waals surface area contributed by atoms with E-state index in [1.54, 1.807) is 0 Å². The zero-order valence-corrected chi connectivity index (χ0v) is 14.5. The van der Waals surface area contributed by atoms with Crippen LogP contribution in [0.4, 0.5) is 0 Å². The monoisotopic (exact) mass is 430 g/mol. The van der Waals surface area contributed by atoms with Crippen molar-refractivity contribution in [2.75, 3.05) is 0 Å². The minimum absolute atomic E-state index is 0. The molecule has 0 saturated carbocycles. The molecule has 0 spiro atoms. The summed E-state index contributed by atoms with van der Waals surface area (Å²) in [5.41, 5.74) is 0. The molecule has 3 nitrogen and oxygen atoms in total. The van der Waals surface area contributed by atoms with E-state index in [9.17, 15) is 14.7 Å². The van der Waals surface area contributed by atoms with Crippen molar-refractivity contribution >= 4 is 98.8 Å². The van der Waals surface area contributed by atoms with Crippen molar-refractivity contribution in [3.05, 3.63) is 25.6 Å². The van der Waals surface area contributed by atoms with E-state index in [-0.39, 0.29) is 52.0 Å². The first-order valence-electron chi connectivity index (χ1n) is 2.99. The van der Waals surface area contributed by atoms with Crippen LogP contribution in [0, 0.1) is 0 Å². The van der Waals surface area contributed by atoms with Crippen LogP contribution in [0.15, 0.2) is 25.6 Å². The topological polar surface area (TPSA) is 69.2 Å².